The smallest absolute Gasteiger partial charge is 0.232 e. The lowest BCUT2D eigenvalue weighted by Crippen LogP contribution is -2.14. The third-order valence-corrected chi connectivity index (χ3v) is 2.15. The van der Waals surface area contributed by atoms with Crippen LogP contribution in [0.5, 0.6) is 0 Å². The molecule has 0 fully saturated rings. The van der Waals surface area contributed by atoms with E-state index in [2.05, 4.69) is 15.2 Å². The van der Waals surface area contributed by atoms with Gasteiger partial charge in [0.2, 0.25) is 11.9 Å². The van der Waals surface area contributed by atoms with Gasteiger partial charge in [-0.25, -0.2) is 0 Å². The van der Waals surface area contributed by atoms with E-state index >= 15 is 0 Å². The Morgan fingerprint density at radius 2 is 2.29 bits per heavy atom. The van der Waals surface area contributed by atoms with Crippen molar-refractivity contribution in [2.75, 3.05) is 17.7 Å². The summed E-state index contributed by atoms with van der Waals surface area (Å²) >= 11 is 0. The molecule has 14 heavy (non-hydrogen) atoms. The van der Waals surface area contributed by atoms with E-state index in [1.165, 1.54) is 0 Å². The third kappa shape index (κ3) is 1.20. The summed E-state index contributed by atoms with van der Waals surface area (Å²) < 4.78 is 1.73. The molecule has 0 aliphatic rings. The van der Waals surface area contributed by atoms with Gasteiger partial charge in [0.1, 0.15) is 0 Å². The fourth-order valence-corrected chi connectivity index (χ4v) is 1.26. The zero-order valence-electron chi connectivity index (χ0n) is 8.10. The Kier molecular flexibility index (Phi) is 1.88. The molecule has 74 valence electrons. The number of nitrogens with two attached hydrogens (primary N) is 1. The van der Waals surface area contributed by atoms with Gasteiger partial charge in [0.25, 0.3) is 0 Å². The van der Waals surface area contributed by atoms with Crippen LogP contribution in [0.25, 0.3) is 0 Å². The molecular weight excluding hydrogens is 180 g/mol. The second kappa shape index (κ2) is 3.06. The summed E-state index contributed by atoms with van der Waals surface area (Å²) in [6, 6.07) is 1.95. The lowest BCUT2D eigenvalue weighted by molar-refractivity contribution is 0.893. The van der Waals surface area contributed by atoms with Crippen molar-refractivity contribution in [3.8, 4) is 0 Å². The Balaban J connectivity index is 2.36. The van der Waals surface area contributed by atoms with E-state index in [9.17, 15) is 0 Å². The van der Waals surface area contributed by atoms with Gasteiger partial charge in [0.15, 0.2) is 0 Å². The normalized spacial score (nSPS) is 10.4. The first-order valence-electron chi connectivity index (χ1n) is 4.21. The number of hydrogen-bond donors (Lipinski definition) is 2. The molecule has 0 spiro atoms. The Bertz CT molecular complexity index is 415. The summed E-state index contributed by atoms with van der Waals surface area (Å²) in [5, 5.41) is 7.76. The van der Waals surface area contributed by atoms with Crippen molar-refractivity contribution < 1.29 is 0 Å². The van der Waals surface area contributed by atoms with Crippen LogP contribution < -0.4 is 10.6 Å². The largest absolute Gasteiger partial charge is 0.368 e. The number of anilines is 3. The minimum Gasteiger partial charge on any atom is -0.368 e. The zero-order valence-corrected chi connectivity index (χ0v) is 8.10. The highest BCUT2D eigenvalue weighted by Gasteiger charge is 2.11. The van der Waals surface area contributed by atoms with Crippen LogP contribution in [0, 0.1) is 0 Å². The molecule has 0 aromatic carbocycles. The summed E-state index contributed by atoms with van der Waals surface area (Å²) in [7, 11) is 3.74. The lowest BCUT2D eigenvalue weighted by atomic mass is 10.5. The average Bonchev–Trinajstić information content (AvgIpc) is 2.77. The Labute approximate surface area is 81.4 Å². The van der Waals surface area contributed by atoms with Gasteiger partial charge in [0, 0.05) is 26.5 Å². The molecule has 2 heterocycles. The van der Waals surface area contributed by atoms with Gasteiger partial charge in [-0.2, -0.15) is 0 Å². The van der Waals surface area contributed by atoms with E-state index in [0.717, 1.165) is 5.69 Å². The molecule has 0 bridgehead atoms. The minimum atomic E-state index is 0.405. The molecule has 0 saturated heterocycles. The first-order chi connectivity index (χ1) is 6.70. The maximum Gasteiger partial charge on any atom is 0.232 e. The number of aromatic amines is 1. The fraction of sp³-hybridized carbons (Fsp3) is 0.250. The Hall–Kier alpha value is -1.98. The van der Waals surface area contributed by atoms with Crippen molar-refractivity contribution in [1.29, 1.82) is 0 Å². The van der Waals surface area contributed by atoms with Crippen LogP contribution in [0.3, 0.4) is 0 Å². The number of aromatic nitrogens is 4. The monoisotopic (exact) mass is 192 g/mol. The van der Waals surface area contributed by atoms with Gasteiger partial charge >= 0.3 is 0 Å². The second-order valence-corrected chi connectivity index (χ2v) is 3.05. The average molecular weight is 192 g/mol. The van der Waals surface area contributed by atoms with Crippen molar-refractivity contribution in [2.24, 2.45) is 7.05 Å². The van der Waals surface area contributed by atoms with Gasteiger partial charge in [0.05, 0.1) is 5.69 Å². The van der Waals surface area contributed by atoms with Crippen molar-refractivity contribution in [2.45, 2.75) is 0 Å². The van der Waals surface area contributed by atoms with E-state index < -0.39 is 0 Å². The first kappa shape index (κ1) is 8.61. The molecule has 0 saturated carbocycles. The summed E-state index contributed by atoms with van der Waals surface area (Å²) in [6.45, 7) is 0. The summed E-state index contributed by atoms with van der Waals surface area (Å²) in [5.41, 5.74) is 6.60. The summed E-state index contributed by atoms with van der Waals surface area (Å²) in [4.78, 5) is 4.88. The van der Waals surface area contributed by atoms with Crippen molar-refractivity contribution in [3.63, 3.8) is 0 Å². The third-order valence-electron chi connectivity index (χ3n) is 2.15. The van der Waals surface area contributed by atoms with Gasteiger partial charge in [-0.15, -0.1) is 10.2 Å². The zero-order chi connectivity index (χ0) is 10.1. The lowest BCUT2D eigenvalue weighted by Gasteiger charge is -2.15. The van der Waals surface area contributed by atoms with E-state index in [4.69, 9.17) is 5.73 Å². The molecule has 2 aromatic rings. The van der Waals surface area contributed by atoms with E-state index in [-0.39, 0.29) is 0 Å². The molecule has 2 aromatic heterocycles. The van der Waals surface area contributed by atoms with Crippen LogP contribution >= 0.6 is 0 Å². The van der Waals surface area contributed by atoms with Crippen molar-refractivity contribution in [1.82, 2.24) is 19.7 Å². The quantitative estimate of drug-likeness (QED) is 0.726. The van der Waals surface area contributed by atoms with Crippen LogP contribution in [0.1, 0.15) is 0 Å². The summed E-state index contributed by atoms with van der Waals surface area (Å²) in [6.07, 6.45) is 3.73. The number of hydrogen-bond acceptors (Lipinski definition) is 4. The number of rotatable bonds is 2. The first-order valence-corrected chi connectivity index (χ1v) is 4.21. The number of nitrogens with zero attached hydrogens (tertiary/aromatic N) is 4. The molecule has 6 heteroatoms. The van der Waals surface area contributed by atoms with E-state index in [0.29, 0.717) is 11.9 Å². The molecule has 6 nitrogen and oxygen atoms in total. The maximum absolute atomic E-state index is 5.59. The highest BCUT2D eigenvalue weighted by atomic mass is 15.4. The SMILES string of the molecule is CN(c1cc[nH]c1)c1nnc(N)n1C. The van der Waals surface area contributed by atoms with Crippen LogP contribution in [0.15, 0.2) is 18.5 Å². The second-order valence-electron chi connectivity index (χ2n) is 3.05. The highest BCUT2D eigenvalue weighted by molar-refractivity contribution is 5.56. The van der Waals surface area contributed by atoms with E-state index in [1.54, 1.807) is 4.57 Å². The highest BCUT2D eigenvalue weighted by Crippen LogP contribution is 2.20. The standard InChI is InChI=1S/C8H12N6/c1-13(6-3-4-10-5-6)8-12-11-7(9)14(8)2/h3-5,10H,1-2H3,(H2,9,11). The molecular formula is C8H12N6. The van der Waals surface area contributed by atoms with Crippen LogP contribution in [-0.2, 0) is 7.05 Å². The maximum atomic E-state index is 5.59. The van der Waals surface area contributed by atoms with Crippen LogP contribution in [0.2, 0.25) is 0 Å². The number of nitrogen functional groups attached to an aromatic ring is 1. The molecule has 0 aliphatic heterocycles. The van der Waals surface area contributed by atoms with Crippen LogP contribution in [-0.4, -0.2) is 26.8 Å². The number of H-pyrrole nitrogens is 1. The topological polar surface area (TPSA) is 75.8 Å². The number of nitrogens with one attached hydrogen (secondary N) is 1. The summed E-state index contributed by atoms with van der Waals surface area (Å²) in [5.74, 6) is 1.12. The van der Waals surface area contributed by atoms with Gasteiger partial charge in [-0.05, 0) is 6.07 Å². The molecule has 3 N–H and O–H groups in total. The van der Waals surface area contributed by atoms with Gasteiger partial charge in [-0.1, -0.05) is 0 Å². The minimum absolute atomic E-state index is 0.405. The molecule has 0 amide bonds. The van der Waals surface area contributed by atoms with Gasteiger partial charge in [-0.3, -0.25) is 4.57 Å². The molecule has 2 rings (SSSR count). The predicted octanol–water partition coefficient (Wildman–Crippen LogP) is 0.493. The Morgan fingerprint density at radius 1 is 1.50 bits per heavy atom. The predicted molar refractivity (Wildman–Crippen MR) is 54.3 cm³/mol. The van der Waals surface area contributed by atoms with Crippen LogP contribution in [0.4, 0.5) is 17.6 Å². The molecule has 0 atom stereocenters. The van der Waals surface area contributed by atoms with E-state index in [1.807, 2.05) is 37.5 Å². The van der Waals surface area contributed by atoms with Crippen molar-refractivity contribution in [3.05, 3.63) is 18.5 Å². The Morgan fingerprint density at radius 3 is 2.79 bits per heavy atom. The van der Waals surface area contributed by atoms with Crippen molar-refractivity contribution >= 4 is 17.6 Å². The molecule has 0 aliphatic carbocycles. The molecule has 0 radical (unpaired) electrons. The van der Waals surface area contributed by atoms with Gasteiger partial charge < -0.3 is 15.6 Å². The molecule has 0 unspecified atom stereocenters. The fourth-order valence-electron chi connectivity index (χ4n) is 1.26.